The minimum absolute atomic E-state index is 0.166. The monoisotopic (exact) mass is 863 g/mol. The van der Waals surface area contributed by atoms with E-state index in [0.717, 1.165) is 44.9 Å². The van der Waals surface area contributed by atoms with Crippen molar-refractivity contribution in [2.75, 3.05) is 26.4 Å². The van der Waals surface area contributed by atoms with Gasteiger partial charge in [0, 0.05) is 12.8 Å². The molecule has 15 heteroatoms. The van der Waals surface area contributed by atoms with E-state index in [9.17, 15) is 45.3 Å². The van der Waals surface area contributed by atoms with Crippen molar-refractivity contribution in [2.24, 2.45) is 0 Å². The number of carbonyl (C=O) groups is 2. The Morgan fingerprint density at radius 1 is 0.517 bits per heavy atom. The third-order valence-corrected chi connectivity index (χ3v) is 11.2. The Morgan fingerprint density at radius 3 is 1.52 bits per heavy atom. The zero-order chi connectivity index (χ0) is 44.0. The molecule has 0 saturated carbocycles. The molecule has 2 saturated heterocycles. The first-order valence-corrected chi connectivity index (χ1v) is 23.3. The van der Waals surface area contributed by atoms with Crippen molar-refractivity contribution < 1.29 is 73.8 Å². The van der Waals surface area contributed by atoms with E-state index in [1.807, 2.05) is 0 Å². The first-order valence-electron chi connectivity index (χ1n) is 23.3. The second-order valence-corrected chi connectivity index (χ2v) is 16.6. The molecular weight excluding hydrogens is 780 g/mol. The van der Waals surface area contributed by atoms with Crippen LogP contribution in [0.25, 0.3) is 0 Å². The predicted molar refractivity (Wildman–Crippen MR) is 224 cm³/mol. The summed E-state index contributed by atoms with van der Waals surface area (Å²) in [6, 6.07) is 0. The molecule has 0 aromatic rings. The molecule has 0 bridgehead atoms. The lowest BCUT2D eigenvalue weighted by Gasteiger charge is -2.42. The zero-order valence-corrected chi connectivity index (χ0v) is 36.7. The molecule has 2 fully saturated rings. The van der Waals surface area contributed by atoms with Crippen LogP contribution in [0.3, 0.4) is 0 Å². The van der Waals surface area contributed by atoms with Crippen LogP contribution in [0.2, 0.25) is 0 Å². The number of allylic oxidation sites excluding steroid dienone is 2. The lowest BCUT2D eigenvalue weighted by molar-refractivity contribution is -0.332. The van der Waals surface area contributed by atoms with Crippen LogP contribution < -0.4 is 0 Å². The van der Waals surface area contributed by atoms with Gasteiger partial charge < -0.3 is 64.2 Å². The van der Waals surface area contributed by atoms with Crippen LogP contribution in [0, 0.1) is 0 Å². The van der Waals surface area contributed by atoms with Crippen LogP contribution in [0.1, 0.15) is 168 Å². The van der Waals surface area contributed by atoms with Crippen molar-refractivity contribution in [3.63, 3.8) is 0 Å². The summed E-state index contributed by atoms with van der Waals surface area (Å²) >= 11 is 0. The van der Waals surface area contributed by atoms with Crippen molar-refractivity contribution in [3.05, 3.63) is 12.2 Å². The Labute approximate surface area is 359 Å². The van der Waals surface area contributed by atoms with Gasteiger partial charge in [0.05, 0.1) is 19.8 Å². The Morgan fingerprint density at radius 2 is 0.967 bits per heavy atom. The fourth-order valence-corrected chi connectivity index (χ4v) is 7.31. The fraction of sp³-hybridized carbons (Fsp3) is 0.911. The van der Waals surface area contributed by atoms with Gasteiger partial charge in [-0.2, -0.15) is 0 Å². The topological polar surface area (TPSA) is 231 Å². The van der Waals surface area contributed by atoms with Gasteiger partial charge in [0.1, 0.15) is 55.4 Å². The van der Waals surface area contributed by atoms with E-state index in [1.165, 1.54) is 83.5 Å². The molecule has 11 atom stereocenters. The summed E-state index contributed by atoms with van der Waals surface area (Å²) in [5.41, 5.74) is 0. The molecule has 2 aliphatic rings. The van der Waals surface area contributed by atoms with E-state index >= 15 is 0 Å². The van der Waals surface area contributed by atoms with Crippen LogP contribution in [0.5, 0.6) is 0 Å². The van der Waals surface area contributed by atoms with E-state index in [2.05, 4.69) is 26.0 Å². The molecule has 0 radical (unpaired) electrons. The normalized spacial score (nSPS) is 27.6. The van der Waals surface area contributed by atoms with Gasteiger partial charge in [-0.3, -0.25) is 9.59 Å². The minimum atomic E-state index is -1.76. The number of hydrogen-bond acceptors (Lipinski definition) is 15. The number of aliphatic hydroxyl groups excluding tert-OH is 7. The number of esters is 2. The summed E-state index contributed by atoms with van der Waals surface area (Å²) < 4.78 is 33.4. The van der Waals surface area contributed by atoms with Gasteiger partial charge in [-0.1, -0.05) is 135 Å². The fourth-order valence-electron chi connectivity index (χ4n) is 7.31. The molecule has 15 nitrogen and oxygen atoms in total. The first-order chi connectivity index (χ1) is 29.0. The molecule has 60 heavy (non-hydrogen) atoms. The van der Waals surface area contributed by atoms with E-state index in [-0.39, 0.29) is 26.1 Å². The van der Waals surface area contributed by atoms with Crippen LogP contribution in [0.15, 0.2) is 12.2 Å². The third-order valence-electron chi connectivity index (χ3n) is 11.2. The summed E-state index contributed by atoms with van der Waals surface area (Å²) in [5, 5.41) is 71.8. The van der Waals surface area contributed by atoms with Crippen molar-refractivity contribution >= 4 is 11.9 Å². The standard InChI is InChI=1S/C45H82O15/c1-3-5-7-9-11-13-14-15-16-17-18-20-22-24-26-28-37(48)58-33(30-55-36(47)27-25-23-21-19-12-10-8-6-4-2)31-56-44-43(54)41(52)39(50)35(60-44)32-57-45-42(53)40(51)38(49)34(29-46)59-45/h9,11,33-35,38-46,49-54H,3-8,10,12-32H2,1-2H3/b11-9+/t33-,34-,35-,38+,39+,40?,41?,42?,43?,44-,45-/m1/s1. The number of carbonyl (C=O) groups excluding carboxylic acids is 2. The summed E-state index contributed by atoms with van der Waals surface area (Å²) in [6.45, 7) is 2.53. The molecular formula is C45H82O15. The average molecular weight is 863 g/mol. The maximum atomic E-state index is 12.9. The molecule has 4 unspecified atom stereocenters. The summed E-state index contributed by atoms with van der Waals surface area (Å²) in [7, 11) is 0. The van der Waals surface area contributed by atoms with Crippen LogP contribution in [-0.4, -0.2) is 142 Å². The van der Waals surface area contributed by atoms with Gasteiger partial charge in [0.2, 0.25) is 0 Å². The van der Waals surface area contributed by atoms with Crippen LogP contribution >= 0.6 is 0 Å². The maximum absolute atomic E-state index is 12.9. The van der Waals surface area contributed by atoms with E-state index in [1.54, 1.807) is 0 Å². The van der Waals surface area contributed by atoms with Gasteiger partial charge in [0.15, 0.2) is 18.7 Å². The van der Waals surface area contributed by atoms with Gasteiger partial charge in [0.25, 0.3) is 0 Å². The van der Waals surface area contributed by atoms with Crippen molar-refractivity contribution in [1.29, 1.82) is 0 Å². The predicted octanol–water partition coefficient (Wildman–Crippen LogP) is 5.04. The molecule has 0 aliphatic carbocycles. The highest BCUT2D eigenvalue weighted by molar-refractivity contribution is 5.70. The Balaban J connectivity index is 1.84. The van der Waals surface area contributed by atoms with Crippen molar-refractivity contribution in [1.82, 2.24) is 0 Å². The number of hydrogen-bond donors (Lipinski definition) is 7. The van der Waals surface area contributed by atoms with Crippen molar-refractivity contribution in [3.8, 4) is 0 Å². The van der Waals surface area contributed by atoms with Gasteiger partial charge in [-0.25, -0.2) is 0 Å². The van der Waals surface area contributed by atoms with E-state index < -0.39 is 92.7 Å². The maximum Gasteiger partial charge on any atom is 0.306 e. The highest BCUT2D eigenvalue weighted by atomic mass is 16.7. The lowest BCUT2D eigenvalue weighted by atomic mass is 9.98. The molecule has 2 aliphatic heterocycles. The number of rotatable bonds is 35. The van der Waals surface area contributed by atoms with Gasteiger partial charge >= 0.3 is 11.9 Å². The largest absolute Gasteiger partial charge is 0.462 e. The molecule has 0 spiro atoms. The first kappa shape index (κ1) is 54.4. The molecule has 2 heterocycles. The van der Waals surface area contributed by atoms with Gasteiger partial charge in [-0.05, 0) is 32.1 Å². The summed E-state index contributed by atoms with van der Waals surface area (Å²) in [6.07, 6.45) is 12.6. The SMILES string of the molecule is CCCC/C=C/CCCCCCCCCCCC(=O)O[C@H](COC(=O)CCCCCCCCCCC)CO[C@@H]1O[C@H](CO[C@@H]2O[C@H](CO)[C@H](O)C(O)C2O)[C@H](O)C(O)C1O. The Hall–Kier alpha value is -1.76. The number of ether oxygens (including phenoxy) is 6. The quantitative estimate of drug-likeness (QED) is 0.0252. The second-order valence-electron chi connectivity index (χ2n) is 16.6. The third kappa shape index (κ3) is 22.5. The van der Waals surface area contributed by atoms with E-state index in [4.69, 9.17) is 28.4 Å². The second kappa shape index (κ2) is 33.8. The van der Waals surface area contributed by atoms with E-state index in [0.29, 0.717) is 12.8 Å². The highest BCUT2D eigenvalue weighted by Gasteiger charge is 2.47. The Bertz CT molecular complexity index is 1110. The van der Waals surface area contributed by atoms with Gasteiger partial charge in [-0.15, -0.1) is 0 Å². The zero-order valence-electron chi connectivity index (χ0n) is 36.7. The smallest absolute Gasteiger partial charge is 0.306 e. The average Bonchev–Trinajstić information content (AvgIpc) is 3.24. The van der Waals surface area contributed by atoms with Crippen LogP contribution in [0.4, 0.5) is 0 Å². The minimum Gasteiger partial charge on any atom is -0.462 e. The molecule has 352 valence electrons. The number of unbranched alkanes of at least 4 members (excludes halogenated alkanes) is 19. The lowest BCUT2D eigenvalue weighted by Crippen LogP contribution is -2.61. The highest BCUT2D eigenvalue weighted by Crippen LogP contribution is 2.26. The van der Waals surface area contributed by atoms with Crippen LogP contribution in [-0.2, 0) is 38.0 Å². The molecule has 2 rings (SSSR count). The molecule has 0 aromatic heterocycles. The van der Waals surface area contributed by atoms with Crippen molar-refractivity contribution in [2.45, 2.75) is 235 Å². The Kier molecular flexibility index (Phi) is 30.6. The molecule has 7 N–H and O–H groups in total. The number of aliphatic hydroxyl groups is 7. The summed E-state index contributed by atoms with van der Waals surface area (Å²) in [4.78, 5) is 25.6. The molecule has 0 aromatic carbocycles. The summed E-state index contributed by atoms with van der Waals surface area (Å²) in [5.74, 6) is -0.926. The molecule has 0 amide bonds.